The van der Waals surface area contributed by atoms with E-state index in [1.54, 1.807) is 7.11 Å². The van der Waals surface area contributed by atoms with Gasteiger partial charge < -0.3 is 9.47 Å². The van der Waals surface area contributed by atoms with Crippen LogP contribution in [0.5, 0.6) is 0 Å². The third kappa shape index (κ3) is 5.72. The molecule has 4 heteroatoms. The summed E-state index contributed by atoms with van der Waals surface area (Å²) in [5.74, 6) is -0.173. The van der Waals surface area contributed by atoms with Crippen LogP contribution in [0.2, 0.25) is 0 Å². The van der Waals surface area contributed by atoms with Gasteiger partial charge in [-0.05, 0) is 25.0 Å². The SMILES string of the molecule is COCCN(CCC(=O)OC)Cc1cc(C)ccc1C. The molecule has 0 aliphatic rings. The number of carbonyl (C=O) groups is 1. The van der Waals surface area contributed by atoms with E-state index < -0.39 is 0 Å². The van der Waals surface area contributed by atoms with E-state index in [9.17, 15) is 4.79 Å². The van der Waals surface area contributed by atoms with E-state index in [1.165, 1.54) is 23.8 Å². The van der Waals surface area contributed by atoms with Gasteiger partial charge in [-0.1, -0.05) is 23.8 Å². The zero-order valence-electron chi connectivity index (χ0n) is 12.9. The minimum atomic E-state index is -0.173. The summed E-state index contributed by atoms with van der Waals surface area (Å²) < 4.78 is 9.84. The first kappa shape index (κ1) is 16.7. The molecule has 0 aliphatic carbocycles. The molecule has 0 bridgehead atoms. The molecule has 1 aromatic carbocycles. The van der Waals surface area contributed by atoms with E-state index in [-0.39, 0.29) is 5.97 Å². The fraction of sp³-hybridized carbons (Fsp3) is 0.562. The molecular weight excluding hydrogens is 254 g/mol. The van der Waals surface area contributed by atoms with Gasteiger partial charge in [0.05, 0.1) is 20.1 Å². The van der Waals surface area contributed by atoms with Gasteiger partial charge in [0.2, 0.25) is 0 Å². The fourth-order valence-corrected chi connectivity index (χ4v) is 2.05. The zero-order valence-corrected chi connectivity index (χ0v) is 12.9. The van der Waals surface area contributed by atoms with Crippen molar-refractivity contribution in [3.63, 3.8) is 0 Å². The second-order valence-corrected chi connectivity index (χ2v) is 5.03. The number of benzene rings is 1. The molecule has 0 amide bonds. The minimum absolute atomic E-state index is 0.173. The highest BCUT2D eigenvalue weighted by atomic mass is 16.5. The van der Waals surface area contributed by atoms with Crippen LogP contribution in [0.4, 0.5) is 0 Å². The van der Waals surface area contributed by atoms with Crippen LogP contribution in [0.25, 0.3) is 0 Å². The average molecular weight is 279 g/mol. The molecule has 1 rings (SSSR count). The molecule has 0 saturated heterocycles. The predicted octanol–water partition coefficient (Wildman–Crippen LogP) is 2.31. The Kier molecular flexibility index (Phi) is 7.26. The van der Waals surface area contributed by atoms with E-state index in [0.717, 1.165) is 13.1 Å². The van der Waals surface area contributed by atoms with Crippen LogP contribution in [0.1, 0.15) is 23.1 Å². The lowest BCUT2D eigenvalue weighted by Crippen LogP contribution is -2.30. The first-order chi connectivity index (χ1) is 9.56. The van der Waals surface area contributed by atoms with Crippen molar-refractivity contribution in [1.29, 1.82) is 0 Å². The summed E-state index contributed by atoms with van der Waals surface area (Å²) in [5, 5.41) is 0. The van der Waals surface area contributed by atoms with Crippen molar-refractivity contribution < 1.29 is 14.3 Å². The zero-order chi connectivity index (χ0) is 15.0. The molecule has 20 heavy (non-hydrogen) atoms. The van der Waals surface area contributed by atoms with E-state index >= 15 is 0 Å². The molecule has 0 radical (unpaired) electrons. The van der Waals surface area contributed by atoms with Crippen LogP contribution in [-0.2, 0) is 20.8 Å². The van der Waals surface area contributed by atoms with Gasteiger partial charge in [-0.15, -0.1) is 0 Å². The summed E-state index contributed by atoms with van der Waals surface area (Å²) >= 11 is 0. The molecule has 0 heterocycles. The van der Waals surface area contributed by atoms with Crippen LogP contribution in [0.3, 0.4) is 0 Å². The summed E-state index contributed by atoms with van der Waals surface area (Å²) in [6, 6.07) is 6.46. The Morgan fingerprint density at radius 3 is 2.60 bits per heavy atom. The third-order valence-electron chi connectivity index (χ3n) is 3.37. The highest BCUT2D eigenvalue weighted by molar-refractivity contribution is 5.69. The maximum absolute atomic E-state index is 11.3. The molecule has 4 nitrogen and oxygen atoms in total. The normalized spacial score (nSPS) is 10.8. The molecule has 112 valence electrons. The number of carbonyl (C=O) groups excluding carboxylic acids is 1. The van der Waals surface area contributed by atoms with Gasteiger partial charge in [-0.3, -0.25) is 9.69 Å². The van der Waals surface area contributed by atoms with E-state index in [1.807, 2.05) is 0 Å². The number of rotatable bonds is 8. The molecule has 0 fully saturated rings. The van der Waals surface area contributed by atoms with Crippen LogP contribution in [-0.4, -0.2) is 44.8 Å². The number of esters is 1. The summed E-state index contributed by atoms with van der Waals surface area (Å²) in [6.07, 6.45) is 0.408. The summed E-state index contributed by atoms with van der Waals surface area (Å²) in [5.41, 5.74) is 3.83. The fourth-order valence-electron chi connectivity index (χ4n) is 2.05. The molecule has 0 N–H and O–H groups in total. The number of methoxy groups -OCH3 is 2. The maximum Gasteiger partial charge on any atom is 0.306 e. The predicted molar refractivity (Wildman–Crippen MR) is 79.7 cm³/mol. The first-order valence-corrected chi connectivity index (χ1v) is 6.91. The number of nitrogens with zero attached hydrogens (tertiary/aromatic N) is 1. The van der Waals surface area contributed by atoms with E-state index in [4.69, 9.17) is 9.47 Å². The topological polar surface area (TPSA) is 38.8 Å². The van der Waals surface area contributed by atoms with Gasteiger partial charge in [0.15, 0.2) is 0 Å². The van der Waals surface area contributed by atoms with Crippen molar-refractivity contribution in [3.8, 4) is 0 Å². The van der Waals surface area contributed by atoms with Crippen molar-refractivity contribution in [2.24, 2.45) is 0 Å². The van der Waals surface area contributed by atoms with Crippen molar-refractivity contribution in [1.82, 2.24) is 4.90 Å². The molecule has 0 saturated carbocycles. The van der Waals surface area contributed by atoms with Crippen LogP contribution >= 0.6 is 0 Å². The quantitative estimate of drug-likeness (QED) is 0.685. The number of ether oxygens (including phenoxy) is 2. The molecule has 0 spiro atoms. The summed E-state index contributed by atoms with van der Waals surface area (Å²) in [6.45, 7) is 7.19. The van der Waals surface area contributed by atoms with Gasteiger partial charge in [-0.2, -0.15) is 0 Å². The molecule has 0 unspecified atom stereocenters. The monoisotopic (exact) mass is 279 g/mol. The Labute approximate surface area is 121 Å². The Balaban J connectivity index is 2.67. The van der Waals surface area contributed by atoms with Gasteiger partial charge in [0.1, 0.15) is 0 Å². The lowest BCUT2D eigenvalue weighted by molar-refractivity contribution is -0.141. The van der Waals surface area contributed by atoms with E-state index in [0.29, 0.717) is 19.6 Å². The second-order valence-electron chi connectivity index (χ2n) is 5.03. The third-order valence-corrected chi connectivity index (χ3v) is 3.37. The number of hydrogen-bond donors (Lipinski definition) is 0. The van der Waals surface area contributed by atoms with Crippen LogP contribution < -0.4 is 0 Å². The number of hydrogen-bond acceptors (Lipinski definition) is 4. The summed E-state index contributed by atoms with van der Waals surface area (Å²) in [4.78, 5) is 13.5. The first-order valence-electron chi connectivity index (χ1n) is 6.91. The smallest absolute Gasteiger partial charge is 0.306 e. The van der Waals surface area contributed by atoms with Gasteiger partial charge in [-0.25, -0.2) is 0 Å². The number of aryl methyl sites for hydroxylation is 2. The van der Waals surface area contributed by atoms with Gasteiger partial charge >= 0.3 is 5.97 Å². The van der Waals surface area contributed by atoms with Crippen molar-refractivity contribution in [3.05, 3.63) is 34.9 Å². The second kappa shape index (κ2) is 8.72. The lowest BCUT2D eigenvalue weighted by Gasteiger charge is -2.22. The molecule has 1 aromatic rings. The average Bonchev–Trinajstić information content (AvgIpc) is 2.45. The molecular formula is C16H25NO3. The van der Waals surface area contributed by atoms with Crippen molar-refractivity contribution in [2.75, 3.05) is 33.9 Å². The Hall–Kier alpha value is -1.39. The van der Waals surface area contributed by atoms with Gasteiger partial charge in [0.25, 0.3) is 0 Å². The van der Waals surface area contributed by atoms with Crippen molar-refractivity contribution in [2.45, 2.75) is 26.8 Å². The Morgan fingerprint density at radius 1 is 1.20 bits per heavy atom. The van der Waals surface area contributed by atoms with Gasteiger partial charge in [0, 0.05) is 26.7 Å². The summed E-state index contributed by atoms with van der Waals surface area (Å²) in [7, 11) is 3.11. The Morgan fingerprint density at radius 2 is 1.95 bits per heavy atom. The minimum Gasteiger partial charge on any atom is -0.469 e. The maximum atomic E-state index is 11.3. The van der Waals surface area contributed by atoms with Crippen LogP contribution in [0.15, 0.2) is 18.2 Å². The standard InChI is InChI=1S/C16H25NO3/c1-13-5-6-14(2)15(11-13)12-17(9-10-19-3)8-7-16(18)20-4/h5-6,11H,7-10,12H2,1-4H3. The van der Waals surface area contributed by atoms with E-state index in [2.05, 4.69) is 36.9 Å². The molecule has 0 atom stereocenters. The highest BCUT2D eigenvalue weighted by Crippen LogP contribution is 2.13. The van der Waals surface area contributed by atoms with Crippen molar-refractivity contribution >= 4 is 5.97 Å². The Bertz CT molecular complexity index is 432. The largest absolute Gasteiger partial charge is 0.469 e. The molecule has 0 aromatic heterocycles. The van der Waals surface area contributed by atoms with Crippen LogP contribution in [0, 0.1) is 13.8 Å². The highest BCUT2D eigenvalue weighted by Gasteiger charge is 2.10. The lowest BCUT2D eigenvalue weighted by atomic mass is 10.1. The molecule has 0 aliphatic heterocycles.